The van der Waals surface area contributed by atoms with Crippen molar-refractivity contribution in [2.24, 2.45) is 0 Å². The molecule has 1 aromatic rings. The Labute approximate surface area is 108 Å². The molecule has 1 aliphatic carbocycles. The van der Waals surface area contributed by atoms with Gasteiger partial charge in [0.15, 0.2) is 11.6 Å². The first-order chi connectivity index (χ1) is 8.79. The summed E-state index contributed by atoms with van der Waals surface area (Å²) >= 11 is 0. The van der Waals surface area contributed by atoms with Gasteiger partial charge in [-0.25, -0.2) is 4.98 Å². The third-order valence-corrected chi connectivity index (χ3v) is 3.27. The maximum atomic E-state index is 9.50. The molecule has 0 bridgehead atoms. The highest BCUT2D eigenvalue weighted by Gasteiger charge is 2.20. The van der Waals surface area contributed by atoms with Crippen molar-refractivity contribution in [2.75, 3.05) is 11.9 Å². The molecule has 4 nitrogen and oxygen atoms in total. The summed E-state index contributed by atoms with van der Waals surface area (Å²) in [5, 5.41) is 12.9. The van der Waals surface area contributed by atoms with Crippen LogP contribution in [-0.2, 0) is 0 Å². The first-order valence-corrected chi connectivity index (χ1v) is 6.82. The number of nitrogens with zero attached hydrogens (tertiary/aromatic N) is 1. The summed E-state index contributed by atoms with van der Waals surface area (Å²) in [6, 6.07) is 4.23. The normalized spacial score (nSPS) is 23.7. The molecule has 0 saturated heterocycles. The lowest BCUT2D eigenvalue weighted by atomic mass is 9.93. The van der Waals surface area contributed by atoms with Crippen molar-refractivity contribution in [1.82, 2.24) is 4.98 Å². The Morgan fingerprint density at radius 2 is 2.17 bits per heavy atom. The Bertz CT molecular complexity index is 363. The fraction of sp³-hybridized carbons (Fsp3) is 0.643. The predicted molar refractivity (Wildman–Crippen MR) is 71.9 cm³/mol. The molecule has 1 heterocycles. The molecule has 1 fully saturated rings. The third-order valence-electron chi connectivity index (χ3n) is 3.27. The van der Waals surface area contributed by atoms with Gasteiger partial charge in [-0.1, -0.05) is 6.92 Å². The van der Waals surface area contributed by atoms with Gasteiger partial charge in [0.25, 0.3) is 0 Å². The zero-order chi connectivity index (χ0) is 12.8. The van der Waals surface area contributed by atoms with Crippen LogP contribution in [0.15, 0.2) is 18.3 Å². The van der Waals surface area contributed by atoms with Gasteiger partial charge in [0, 0.05) is 12.2 Å². The summed E-state index contributed by atoms with van der Waals surface area (Å²) in [4.78, 5) is 4.35. The van der Waals surface area contributed by atoms with Gasteiger partial charge in [0.2, 0.25) is 0 Å². The molecule has 1 aromatic heterocycles. The van der Waals surface area contributed by atoms with E-state index in [2.05, 4.69) is 17.2 Å². The number of hydrogen-bond donors (Lipinski definition) is 2. The Kier molecular flexibility index (Phi) is 4.81. The van der Waals surface area contributed by atoms with Crippen LogP contribution in [0.2, 0.25) is 0 Å². The highest BCUT2D eigenvalue weighted by Crippen LogP contribution is 2.26. The van der Waals surface area contributed by atoms with Crippen LogP contribution in [-0.4, -0.2) is 28.8 Å². The zero-order valence-corrected chi connectivity index (χ0v) is 10.9. The van der Waals surface area contributed by atoms with E-state index in [1.54, 1.807) is 6.20 Å². The molecule has 0 aromatic carbocycles. The van der Waals surface area contributed by atoms with Gasteiger partial charge in [-0.2, -0.15) is 0 Å². The molecular formula is C14H22N2O2. The van der Waals surface area contributed by atoms with Crippen molar-refractivity contribution in [3.05, 3.63) is 18.3 Å². The monoisotopic (exact) mass is 250 g/mol. The van der Waals surface area contributed by atoms with Gasteiger partial charge in [0.05, 0.1) is 12.7 Å². The van der Waals surface area contributed by atoms with E-state index in [0.29, 0.717) is 12.6 Å². The Balaban J connectivity index is 1.95. The summed E-state index contributed by atoms with van der Waals surface area (Å²) in [6.07, 6.45) is 6.37. The van der Waals surface area contributed by atoms with Gasteiger partial charge >= 0.3 is 0 Å². The molecule has 0 radical (unpaired) electrons. The molecule has 4 heteroatoms. The van der Waals surface area contributed by atoms with Crippen molar-refractivity contribution >= 4 is 5.82 Å². The summed E-state index contributed by atoms with van der Waals surface area (Å²) in [5.74, 6) is 1.65. The summed E-state index contributed by atoms with van der Waals surface area (Å²) in [5.41, 5.74) is 0. The number of rotatable bonds is 5. The van der Waals surface area contributed by atoms with Crippen molar-refractivity contribution in [2.45, 2.75) is 51.2 Å². The minimum absolute atomic E-state index is 0.123. The van der Waals surface area contributed by atoms with Crippen molar-refractivity contribution < 1.29 is 9.84 Å². The predicted octanol–water partition coefficient (Wildman–Crippen LogP) is 2.59. The van der Waals surface area contributed by atoms with Gasteiger partial charge < -0.3 is 15.2 Å². The Morgan fingerprint density at radius 1 is 1.39 bits per heavy atom. The second-order valence-electron chi connectivity index (χ2n) is 4.85. The molecule has 0 unspecified atom stereocenters. The van der Waals surface area contributed by atoms with Crippen LogP contribution in [0.5, 0.6) is 5.75 Å². The van der Waals surface area contributed by atoms with Gasteiger partial charge in [-0.15, -0.1) is 0 Å². The molecule has 18 heavy (non-hydrogen) atoms. The Morgan fingerprint density at radius 3 is 2.89 bits per heavy atom. The second kappa shape index (κ2) is 6.59. The number of ether oxygens (including phenoxy) is 1. The first kappa shape index (κ1) is 13.1. The van der Waals surface area contributed by atoms with Crippen molar-refractivity contribution in [3.8, 4) is 5.75 Å². The van der Waals surface area contributed by atoms with E-state index in [-0.39, 0.29) is 6.10 Å². The SMILES string of the molecule is CCCOc1cccnc1NC1CCC(O)CC1. The molecule has 1 aliphatic rings. The number of pyridine rings is 1. The maximum absolute atomic E-state index is 9.50. The summed E-state index contributed by atoms with van der Waals surface area (Å²) < 4.78 is 5.67. The lowest BCUT2D eigenvalue weighted by molar-refractivity contribution is 0.126. The Hall–Kier alpha value is -1.29. The van der Waals surface area contributed by atoms with Crippen LogP contribution in [0.4, 0.5) is 5.82 Å². The number of aliphatic hydroxyl groups is 1. The third kappa shape index (κ3) is 3.60. The number of anilines is 1. The second-order valence-corrected chi connectivity index (χ2v) is 4.85. The van der Waals surface area contributed by atoms with E-state index >= 15 is 0 Å². The fourth-order valence-electron chi connectivity index (χ4n) is 2.24. The smallest absolute Gasteiger partial charge is 0.168 e. The van der Waals surface area contributed by atoms with Crippen LogP contribution in [0, 0.1) is 0 Å². The van der Waals surface area contributed by atoms with E-state index in [1.807, 2.05) is 12.1 Å². The highest BCUT2D eigenvalue weighted by atomic mass is 16.5. The van der Waals surface area contributed by atoms with Crippen LogP contribution in [0.1, 0.15) is 39.0 Å². The average molecular weight is 250 g/mol. The van der Waals surface area contributed by atoms with Gasteiger partial charge in [0.1, 0.15) is 0 Å². The fourth-order valence-corrected chi connectivity index (χ4v) is 2.24. The van der Waals surface area contributed by atoms with Crippen LogP contribution < -0.4 is 10.1 Å². The maximum Gasteiger partial charge on any atom is 0.168 e. The van der Waals surface area contributed by atoms with E-state index < -0.39 is 0 Å². The highest BCUT2D eigenvalue weighted by molar-refractivity contribution is 5.50. The molecule has 0 amide bonds. The summed E-state index contributed by atoms with van der Waals surface area (Å²) in [6.45, 7) is 2.80. The topological polar surface area (TPSA) is 54.4 Å². The number of aliphatic hydroxyl groups excluding tert-OH is 1. The molecule has 100 valence electrons. The number of aromatic nitrogens is 1. The first-order valence-electron chi connectivity index (χ1n) is 6.82. The number of nitrogens with one attached hydrogen (secondary N) is 1. The van der Waals surface area contributed by atoms with E-state index in [4.69, 9.17) is 4.74 Å². The molecule has 0 aliphatic heterocycles. The molecular weight excluding hydrogens is 228 g/mol. The summed E-state index contributed by atoms with van der Waals surface area (Å²) in [7, 11) is 0. The van der Waals surface area contributed by atoms with E-state index in [1.165, 1.54) is 0 Å². The van der Waals surface area contributed by atoms with Crippen molar-refractivity contribution in [3.63, 3.8) is 0 Å². The van der Waals surface area contributed by atoms with Crippen LogP contribution in [0.3, 0.4) is 0 Å². The van der Waals surface area contributed by atoms with Gasteiger partial charge in [-0.3, -0.25) is 0 Å². The molecule has 2 rings (SSSR count). The van der Waals surface area contributed by atoms with E-state index in [9.17, 15) is 5.11 Å². The van der Waals surface area contributed by atoms with Gasteiger partial charge in [-0.05, 0) is 44.2 Å². The molecule has 0 spiro atoms. The van der Waals surface area contributed by atoms with Crippen LogP contribution >= 0.6 is 0 Å². The average Bonchev–Trinajstić information content (AvgIpc) is 2.40. The minimum atomic E-state index is -0.123. The van der Waals surface area contributed by atoms with Crippen LogP contribution in [0.25, 0.3) is 0 Å². The quantitative estimate of drug-likeness (QED) is 0.843. The lowest BCUT2D eigenvalue weighted by Crippen LogP contribution is -2.28. The minimum Gasteiger partial charge on any atom is -0.490 e. The molecule has 1 saturated carbocycles. The number of hydrogen-bond acceptors (Lipinski definition) is 4. The molecule has 0 atom stereocenters. The zero-order valence-electron chi connectivity index (χ0n) is 10.9. The largest absolute Gasteiger partial charge is 0.490 e. The standard InChI is InChI=1S/C14H22N2O2/c1-2-10-18-13-4-3-9-15-14(13)16-11-5-7-12(17)8-6-11/h3-4,9,11-12,17H,2,5-8,10H2,1H3,(H,15,16). The van der Waals surface area contributed by atoms with E-state index in [0.717, 1.165) is 43.7 Å². The molecule has 2 N–H and O–H groups in total. The van der Waals surface area contributed by atoms with Crippen molar-refractivity contribution in [1.29, 1.82) is 0 Å². The lowest BCUT2D eigenvalue weighted by Gasteiger charge is -2.27.